The van der Waals surface area contributed by atoms with Gasteiger partial charge >= 0.3 is 5.97 Å². The third kappa shape index (κ3) is 2.38. The summed E-state index contributed by atoms with van der Waals surface area (Å²) in [5.74, 6) is -1.40. The molecule has 0 spiro atoms. The van der Waals surface area contributed by atoms with Crippen LogP contribution in [-0.2, 0) is 0 Å². The van der Waals surface area contributed by atoms with Gasteiger partial charge in [0.15, 0.2) is 0 Å². The first-order chi connectivity index (χ1) is 6.43. The van der Waals surface area contributed by atoms with Crippen LogP contribution in [0.5, 0.6) is 0 Å². The Hall–Kier alpha value is -0.310. The number of hydrogen-bond donors (Lipinski definition) is 1. The smallest absolute Gasteiger partial charge is 0.337 e. The summed E-state index contributed by atoms with van der Waals surface area (Å²) in [5, 5.41) is 8.64. The van der Waals surface area contributed by atoms with E-state index in [1.165, 1.54) is 0 Å². The molecule has 0 bridgehead atoms. The standard InChI is InChI=1S/C7H3BrF2INO2/c8-5-3(11)1-2(7(13)14)4(12-5)6(9)10/h1,6H,(H,13,14). The summed E-state index contributed by atoms with van der Waals surface area (Å²) >= 11 is 4.76. The number of aromatic carboxylic acids is 1. The summed E-state index contributed by atoms with van der Waals surface area (Å²) in [6.07, 6.45) is -2.89. The van der Waals surface area contributed by atoms with Crippen molar-refractivity contribution < 1.29 is 18.7 Å². The summed E-state index contributed by atoms with van der Waals surface area (Å²) in [5.41, 5.74) is -1.18. The van der Waals surface area contributed by atoms with Crippen LogP contribution < -0.4 is 0 Å². The van der Waals surface area contributed by atoms with Gasteiger partial charge in [0.25, 0.3) is 6.43 Å². The molecular weight excluding hydrogens is 375 g/mol. The highest BCUT2D eigenvalue weighted by Crippen LogP contribution is 2.26. The van der Waals surface area contributed by atoms with Gasteiger partial charge in [0, 0.05) is 3.57 Å². The molecule has 0 radical (unpaired) electrons. The number of alkyl halides is 2. The predicted octanol–water partition coefficient (Wildman–Crippen LogP) is 3.08. The second-order valence-corrected chi connectivity index (χ2v) is 4.21. The van der Waals surface area contributed by atoms with E-state index in [4.69, 9.17) is 5.11 Å². The van der Waals surface area contributed by atoms with E-state index in [1.54, 1.807) is 22.6 Å². The normalized spacial score (nSPS) is 10.6. The van der Waals surface area contributed by atoms with Crippen molar-refractivity contribution in [2.45, 2.75) is 6.43 Å². The summed E-state index contributed by atoms with van der Waals surface area (Å²) in [4.78, 5) is 14.1. The first-order valence-electron chi connectivity index (χ1n) is 3.31. The lowest BCUT2D eigenvalue weighted by Crippen LogP contribution is -2.06. The number of carboxylic acid groups (broad SMARTS) is 1. The molecule has 1 rings (SSSR count). The van der Waals surface area contributed by atoms with Gasteiger partial charge in [0.05, 0.1) is 5.56 Å². The van der Waals surface area contributed by atoms with Crippen LogP contribution in [0.3, 0.4) is 0 Å². The predicted molar refractivity (Wildman–Crippen MR) is 56.6 cm³/mol. The SMILES string of the molecule is O=C(O)c1cc(I)c(Br)nc1C(F)F. The zero-order chi connectivity index (χ0) is 10.9. The summed E-state index contributed by atoms with van der Waals surface area (Å²) < 4.78 is 25.4. The largest absolute Gasteiger partial charge is 0.478 e. The molecule has 1 heterocycles. The number of halogens is 4. The average molecular weight is 378 g/mol. The molecule has 1 N–H and O–H groups in total. The van der Waals surface area contributed by atoms with Crippen LogP contribution in [0.4, 0.5) is 8.78 Å². The van der Waals surface area contributed by atoms with Crippen LogP contribution in [0.15, 0.2) is 10.7 Å². The lowest BCUT2D eigenvalue weighted by molar-refractivity contribution is 0.0682. The Morgan fingerprint density at radius 1 is 1.64 bits per heavy atom. The Kier molecular flexibility index (Phi) is 3.76. The van der Waals surface area contributed by atoms with Gasteiger partial charge in [-0.15, -0.1) is 0 Å². The summed E-state index contributed by atoms with van der Waals surface area (Å²) in [6.45, 7) is 0. The highest BCUT2D eigenvalue weighted by atomic mass is 127. The Labute approximate surface area is 99.8 Å². The highest BCUT2D eigenvalue weighted by Gasteiger charge is 2.21. The molecule has 0 aliphatic rings. The third-order valence-corrected chi connectivity index (χ3v) is 3.57. The molecule has 7 heteroatoms. The zero-order valence-corrected chi connectivity index (χ0v) is 10.2. The summed E-state index contributed by atoms with van der Waals surface area (Å²) in [7, 11) is 0. The van der Waals surface area contributed by atoms with E-state index in [0.29, 0.717) is 3.57 Å². The van der Waals surface area contributed by atoms with E-state index < -0.39 is 23.7 Å². The van der Waals surface area contributed by atoms with E-state index in [2.05, 4.69) is 20.9 Å². The van der Waals surface area contributed by atoms with E-state index in [1.807, 2.05) is 0 Å². The van der Waals surface area contributed by atoms with E-state index in [9.17, 15) is 13.6 Å². The highest BCUT2D eigenvalue weighted by molar-refractivity contribution is 14.1. The van der Waals surface area contributed by atoms with Crippen molar-refractivity contribution in [1.29, 1.82) is 0 Å². The van der Waals surface area contributed by atoms with Crippen molar-refractivity contribution in [3.05, 3.63) is 25.5 Å². The van der Waals surface area contributed by atoms with Crippen molar-refractivity contribution in [2.24, 2.45) is 0 Å². The first kappa shape index (κ1) is 11.8. The van der Waals surface area contributed by atoms with E-state index in [0.717, 1.165) is 6.07 Å². The minimum atomic E-state index is -2.89. The minimum Gasteiger partial charge on any atom is -0.478 e. The van der Waals surface area contributed by atoms with Crippen molar-refractivity contribution in [2.75, 3.05) is 0 Å². The number of aromatic nitrogens is 1. The van der Waals surface area contributed by atoms with Crippen molar-refractivity contribution in [3.63, 3.8) is 0 Å². The molecule has 14 heavy (non-hydrogen) atoms. The Bertz CT molecular complexity index is 386. The van der Waals surface area contributed by atoms with E-state index in [-0.39, 0.29) is 4.60 Å². The average Bonchev–Trinajstić information content (AvgIpc) is 2.08. The topological polar surface area (TPSA) is 50.2 Å². The van der Waals surface area contributed by atoms with Crippen LogP contribution in [0.25, 0.3) is 0 Å². The van der Waals surface area contributed by atoms with Gasteiger partial charge in [-0.2, -0.15) is 0 Å². The molecule has 0 aromatic carbocycles. The fourth-order valence-electron chi connectivity index (χ4n) is 0.817. The molecular formula is C7H3BrF2INO2. The molecule has 0 aliphatic heterocycles. The molecule has 3 nitrogen and oxygen atoms in total. The van der Waals surface area contributed by atoms with Gasteiger partial charge in [-0.05, 0) is 44.6 Å². The quantitative estimate of drug-likeness (QED) is 0.636. The van der Waals surface area contributed by atoms with E-state index >= 15 is 0 Å². The van der Waals surface area contributed by atoms with Gasteiger partial charge in [0.2, 0.25) is 0 Å². The van der Waals surface area contributed by atoms with Crippen molar-refractivity contribution in [1.82, 2.24) is 4.98 Å². The first-order valence-corrected chi connectivity index (χ1v) is 5.18. The van der Waals surface area contributed by atoms with Gasteiger partial charge in [-0.1, -0.05) is 0 Å². The zero-order valence-electron chi connectivity index (χ0n) is 6.47. The molecule has 0 atom stereocenters. The van der Waals surface area contributed by atoms with Crippen molar-refractivity contribution in [3.8, 4) is 0 Å². The maximum atomic E-state index is 12.4. The fraction of sp³-hybridized carbons (Fsp3) is 0.143. The molecule has 0 aliphatic carbocycles. The third-order valence-electron chi connectivity index (χ3n) is 1.40. The number of nitrogens with zero attached hydrogens (tertiary/aromatic N) is 1. The molecule has 0 unspecified atom stereocenters. The monoisotopic (exact) mass is 377 g/mol. The second kappa shape index (κ2) is 4.47. The van der Waals surface area contributed by atoms with Gasteiger partial charge in [-0.3, -0.25) is 0 Å². The molecule has 0 fully saturated rings. The van der Waals surface area contributed by atoms with Gasteiger partial charge in [0.1, 0.15) is 10.3 Å². The lowest BCUT2D eigenvalue weighted by atomic mass is 10.2. The Balaban J connectivity index is 3.39. The fourth-order valence-corrected chi connectivity index (χ4v) is 1.55. The number of hydrogen-bond acceptors (Lipinski definition) is 2. The summed E-state index contributed by atoms with van der Waals surface area (Å²) in [6, 6.07) is 1.15. The molecule has 0 amide bonds. The second-order valence-electron chi connectivity index (χ2n) is 2.30. The Morgan fingerprint density at radius 2 is 2.21 bits per heavy atom. The molecule has 76 valence electrons. The van der Waals surface area contributed by atoms with Crippen LogP contribution in [-0.4, -0.2) is 16.1 Å². The van der Waals surface area contributed by atoms with Gasteiger partial charge < -0.3 is 5.11 Å². The lowest BCUT2D eigenvalue weighted by Gasteiger charge is -2.05. The molecule has 0 saturated carbocycles. The van der Waals surface area contributed by atoms with Gasteiger partial charge in [-0.25, -0.2) is 18.6 Å². The van der Waals surface area contributed by atoms with Crippen LogP contribution >= 0.6 is 38.5 Å². The Morgan fingerprint density at radius 3 is 2.64 bits per heavy atom. The number of carboxylic acids is 1. The van der Waals surface area contributed by atoms with Crippen molar-refractivity contribution >= 4 is 44.5 Å². The maximum absolute atomic E-state index is 12.4. The van der Waals surface area contributed by atoms with Crippen LogP contribution in [0.1, 0.15) is 22.5 Å². The molecule has 1 aromatic heterocycles. The minimum absolute atomic E-state index is 0.221. The van der Waals surface area contributed by atoms with Crippen LogP contribution in [0, 0.1) is 3.57 Å². The molecule has 1 aromatic rings. The maximum Gasteiger partial charge on any atom is 0.337 e. The number of pyridine rings is 1. The number of carbonyl (C=O) groups is 1. The molecule has 0 saturated heterocycles. The van der Waals surface area contributed by atoms with Crippen LogP contribution in [0.2, 0.25) is 0 Å². The number of rotatable bonds is 2.